The molecule has 4 aromatic rings. The van der Waals surface area contributed by atoms with Crippen molar-refractivity contribution in [3.63, 3.8) is 0 Å². The first-order valence-electron chi connectivity index (χ1n) is 8.90. The second-order valence-electron chi connectivity index (χ2n) is 6.44. The SMILES string of the molecule is COc1ccc(-c2nc(-c3ccc(O)cc3O)nc(-c3ccc(O)cc3O)n2)cc1. The van der Waals surface area contributed by atoms with Crippen molar-refractivity contribution < 1.29 is 25.2 Å². The highest BCUT2D eigenvalue weighted by molar-refractivity contribution is 5.72. The van der Waals surface area contributed by atoms with Crippen molar-refractivity contribution in [1.82, 2.24) is 15.0 Å². The summed E-state index contributed by atoms with van der Waals surface area (Å²) in [6, 6.07) is 15.2. The fourth-order valence-corrected chi connectivity index (χ4v) is 2.90. The quantitative estimate of drug-likeness (QED) is 0.406. The number of nitrogens with zero attached hydrogens (tertiary/aromatic N) is 3. The van der Waals surface area contributed by atoms with Gasteiger partial charge in [0.05, 0.1) is 18.2 Å². The van der Waals surface area contributed by atoms with Gasteiger partial charge in [-0.2, -0.15) is 0 Å². The molecule has 1 aromatic heterocycles. The van der Waals surface area contributed by atoms with Gasteiger partial charge in [0.25, 0.3) is 0 Å². The molecule has 1 heterocycles. The molecule has 150 valence electrons. The van der Waals surface area contributed by atoms with Crippen LogP contribution in [0.25, 0.3) is 34.2 Å². The number of phenols is 4. The molecule has 0 atom stereocenters. The topological polar surface area (TPSA) is 129 Å². The molecule has 0 unspecified atom stereocenters. The average molecular weight is 403 g/mol. The Bertz CT molecular complexity index is 1160. The lowest BCUT2D eigenvalue weighted by Gasteiger charge is -2.10. The van der Waals surface area contributed by atoms with Crippen LogP contribution >= 0.6 is 0 Å². The molecule has 0 bridgehead atoms. The van der Waals surface area contributed by atoms with Crippen molar-refractivity contribution in [1.29, 1.82) is 0 Å². The number of phenolic OH excluding ortho intramolecular Hbond substituents is 4. The first-order valence-corrected chi connectivity index (χ1v) is 8.90. The minimum absolute atomic E-state index is 0.0999. The van der Waals surface area contributed by atoms with Crippen LogP contribution in [0.5, 0.6) is 28.7 Å². The van der Waals surface area contributed by atoms with Crippen molar-refractivity contribution in [2.45, 2.75) is 0 Å². The van der Waals surface area contributed by atoms with E-state index in [9.17, 15) is 20.4 Å². The number of hydrogen-bond donors (Lipinski definition) is 4. The van der Waals surface area contributed by atoms with Gasteiger partial charge in [-0.3, -0.25) is 0 Å². The van der Waals surface area contributed by atoms with Crippen LogP contribution < -0.4 is 4.74 Å². The van der Waals surface area contributed by atoms with Crippen molar-refractivity contribution >= 4 is 0 Å². The molecule has 3 aromatic carbocycles. The van der Waals surface area contributed by atoms with Crippen LogP contribution in [0.15, 0.2) is 60.7 Å². The third-order valence-corrected chi connectivity index (χ3v) is 4.43. The zero-order valence-corrected chi connectivity index (χ0v) is 15.8. The molecular formula is C22H17N3O5. The number of ether oxygens (including phenoxy) is 1. The molecule has 8 heteroatoms. The standard InChI is InChI=1S/C22H17N3O5/c1-30-15-6-2-12(3-7-15)20-23-21(16-8-4-13(26)10-18(16)28)25-22(24-20)17-9-5-14(27)11-19(17)29/h2-11,26-29H,1H3. The van der Waals surface area contributed by atoms with E-state index in [-0.39, 0.29) is 45.8 Å². The van der Waals surface area contributed by atoms with Gasteiger partial charge in [-0.05, 0) is 48.5 Å². The molecule has 0 fully saturated rings. The minimum atomic E-state index is -0.206. The molecule has 0 aliphatic rings. The van der Waals surface area contributed by atoms with E-state index in [0.717, 1.165) is 0 Å². The number of benzene rings is 3. The Morgan fingerprint density at radius 2 is 1.07 bits per heavy atom. The predicted octanol–water partition coefficient (Wildman–Crippen LogP) is 3.70. The lowest BCUT2D eigenvalue weighted by Crippen LogP contribution is -2.00. The summed E-state index contributed by atoms with van der Waals surface area (Å²) in [5.41, 5.74) is 1.23. The number of methoxy groups -OCH3 is 1. The van der Waals surface area contributed by atoms with Crippen LogP contribution in [0, 0.1) is 0 Å². The smallest absolute Gasteiger partial charge is 0.167 e. The van der Waals surface area contributed by atoms with Gasteiger partial charge in [-0.25, -0.2) is 15.0 Å². The Balaban J connectivity index is 1.93. The van der Waals surface area contributed by atoms with Gasteiger partial charge in [0, 0.05) is 17.7 Å². The van der Waals surface area contributed by atoms with Gasteiger partial charge in [0.1, 0.15) is 28.7 Å². The normalized spacial score (nSPS) is 10.7. The summed E-state index contributed by atoms with van der Waals surface area (Å²) in [6.07, 6.45) is 0. The number of rotatable bonds is 4. The van der Waals surface area contributed by atoms with Crippen LogP contribution in [0.2, 0.25) is 0 Å². The molecule has 0 saturated heterocycles. The summed E-state index contributed by atoms with van der Waals surface area (Å²) in [5, 5.41) is 39.7. The Labute approximate surface area is 171 Å². The van der Waals surface area contributed by atoms with Crippen LogP contribution in [0.1, 0.15) is 0 Å². The Morgan fingerprint density at radius 3 is 1.50 bits per heavy atom. The summed E-state index contributed by atoms with van der Waals surface area (Å²) >= 11 is 0. The molecule has 4 rings (SSSR count). The highest BCUT2D eigenvalue weighted by atomic mass is 16.5. The maximum Gasteiger partial charge on any atom is 0.167 e. The first-order chi connectivity index (χ1) is 14.4. The van der Waals surface area contributed by atoms with Crippen molar-refractivity contribution in [2.75, 3.05) is 7.11 Å². The Morgan fingerprint density at radius 1 is 0.600 bits per heavy atom. The highest BCUT2D eigenvalue weighted by Gasteiger charge is 2.17. The maximum atomic E-state index is 10.3. The molecule has 0 aliphatic heterocycles. The third-order valence-electron chi connectivity index (χ3n) is 4.43. The van der Waals surface area contributed by atoms with Crippen LogP contribution in [-0.4, -0.2) is 42.5 Å². The van der Waals surface area contributed by atoms with E-state index in [1.54, 1.807) is 31.4 Å². The fourth-order valence-electron chi connectivity index (χ4n) is 2.90. The molecule has 0 aliphatic carbocycles. The van der Waals surface area contributed by atoms with E-state index in [1.807, 2.05) is 0 Å². The number of aromatic nitrogens is 3. The van der Waals surface area contributed by atoms with Crippen LogP contribution in [0.3, 0.4) is 0 Å². The maximum absolute atomic E-state index is 10.3. The minimum Gasteiger partial charge on any atom is -0.508 e. The highest BCUT2D eigenvalue weighted by Crippen LogP contribution is 2.35. The van der Waals surface area contributed by atoms with Gasteiger partial charge in [-0.1, -0.05) is 0 Å². The van der Waals surface area contributed by atoms with E-state index in [1.165, 1.54) is 36.4 Å². The average Bonchev–Trinajstić information content (AvgIpc) is 2.73. The van der Waals surface area contributed by atoms with Gasteiger partial charge in [0.15, 0.2) is 17.5 Å². The molecule has 0 spiro atoms. The van der Waals surface area contributed by atoms with E-state index < -0.39 is 0 Å². The van der Waals surface area contributed by atoms with E-state index in [0.29, 0.717) is 17.1 Å². The molecule has 8 nitrogen and oxygen atoms in total. The molecule has 30 heavy (non-hydrogen) atoms. The van der Waals surface area contributed by atoms with Crippen LogP contribution in [-0.2, 0) is 0 Å². The summed E-state index contributed by atoms with van der Waals surface area (Å²) in [7, 11) is 1.56. The second-order valence-corrected chi connectivity index (χ2v) is 6.44. The molecular weight excluding hydrogens is 386 g/mol. The number of aromatic hydroxyl groups is 4. The monoisotopic (exact) mass is 403 g/mol. The Kier molecular flexibility index (Phi) is 4.81. The zero-order chi connectivity index (χ0) is 21.3. The van der Waals surface area contributed by atoms with Crippen molar-refractivity contribution in [2.24, 2.45) is 0 Å². The third kappa shape index (κ3) is 3.66. The fraction of sp³-hybridized carbons (Fsp3) is 0.0455. The lowest BCUT2D eigenvalue weighted by atomic mass is 10.1. The summed E-state index contributed by atoms with van der Waals surface area (Å²) in [4.78, 5) is 13.3. The van der Waals surface area contributed by atoms with E-state index in [2.05, 4.69) is 15.0 Å². The first kappa shape index (κ1) is 19.0. The molecule has 0 radical (unpaired) electrons. The van der Waals surface area contributed by atoms with E-state index in [4.69, 9.17) is 4.74 Å². The zero-order valence-electron chi connectivity index (χ0n) is 15.8. The molecule has 4 N–H and O–H groups in total. The van der Waals surface area contributed by atoms with Crippen molar-refractivity contribution in [3.05, 3.63) is 60.7 Å². The number of hydrogen-bond acceptors (Lipinski definition) is 8. The van der Waals surface area contributed by atoms with Gasteiger partial charge >= 0.3 is 0 Å². The molecule has 0 saturated carbocycles. The lowest BCUT2D eigenvalue weighted by molar-refractivity contribution is 0.415. The second kappa shape index (κ2) is 7.59. The summed E-state index contributed by atoms with van der Waals surface area (Å²) < 4.78 is 5.18. The van der Waals surface area contributed by atoms with E-state index >= 15 is 0 Å². The van der Waals surface area contributed by atoms with Gasteiger partial charge in [0.2, 0.25) is 0 Å². The predicted molar refractivity (Wildman–Crippen MR) is 109 cm³/mol. The summed E-state index contributed by atoms with van der Waals surface area (Å²) in [6.45, 7) is 0. The van der Waals surface area contributed by atoms with Crippen molar-refractivity contribution in [3.8, 4) is 62.9 Å². The molecule has 0 amide bonds. The van der Waals surface area contributed by atoms with Gasteiger partial charge in [-0.15, -0.1) is 0 Å². The Hall–Kier alpha value is -4.33. The van der Waals surface area contributed by atoms with Gasteiger partial charge < -0.3 is 25.2 Å². The summed E-state index contributed by atoms with van der Waals surface area (Å²) in [5.74, 6) is 0.657. The largest absolute Gasteiger partial charge is 0.508 e. The van der Waals surface area contributed by atoms with Crippen LogP contribution in [0.4, 0.5) is 0 Å².